The van der Waals surface area contributed by atoms with Gasteiger partial charge in [0.05, 0.1) is 0 Å². The maximum absolute atomic E-state index is 3.38. The summed E-state index contributed by atoms with van der Waals surface area (Å²) in [4.78, 5) is 0. The van der Waals surface area contributed by atoms with Crippen molar-refractivity contribution in [3.05, 3.63) is 28.2 Å². The van der Waals surface area contributed by atoms with E-state index in [-0.39, 0.29) is 49.6 Å². The molecule has 0 radical (unpaired) electrons. The third kappa shape index (κ3) is 772. The average Bonchev–Trinajstić information content (AvgIpc) is 1.46. The Hall–Kier alpha value is -0.623. The molecule has 58 valence electrons. The van der Waals surface area contributed by atoms with E-state index in [2.05, 4.69) is 20.8 Å². The van der Waals surface area contributed by atoms with Crippen LogP contribution in [0.15, 0.2) is 0 Å². The van der Waals surface area contributed by atoms with E-state index in [0.717, 1.165) is 6.42 Å². The van der Waals surface area contributed by atoms with Gasteiger partial charge in [-0.15, -0.1) is 0 Å². The molecule has 0 rings (SSSR count). The van der Waals surface area contributed by atoms with Crippen LogP contribution in [-0.4, -0.2) is 0 Å². The van der Waals surface area contributed by atoms with Gasteiger partial charge in [0.2, 0.25) is 0 Å². The van der Waals surface area contributed by atoms with Crippen molar-refractivity contribution in [2.24, 2.45) is 0 Å². The predicted octanol–water partition coefficient (Wildman–Crippen LogP) is 2.33. The molecular formula is C6H14Rf2W2-4. The maximum atomic E-state index is 3.38. The summed E-state index contributed by atoms with van der Waals surface area (Å²) < 4.78 is 0. The van der Waals surface area contributed by atoms with E-state index in [4.69, 9.17) is 0 Å². The van der Waals surface area contributed by atoms with Crippen LogP contribution >= 0.6 is 0 Å². The van der Waals surface area contributed by atoms with Gasteiger partial charge in [-0.3, -0.25) is 0 Å². The summed E-state index contributed by atoms with van der Waals surface area (Å²) in [5, 5.41) is 0. The Bertz CT molecular complexity index is 13.7. The van der Waals surface area contributed by atoms with Gasteiger partial charge in [0.15, 0.2) is 0 Å². The largest absolute Gasteiger partial charge is 0.372 e. The zero-order chi connectivity index (χ0) is 4.71. The number of hydrogen-bond acceptors (Lipinski definition) is 0. The Kier molecular flexibility index (Phi) is 37400. The third-order valence-corrected chi connectivity index (χ3v) is 0. The SMILES string of the molecule is [CH2-]C.[CH2-]C[CH2-].[CH3-].[Rf].[Rf].[W].[W]. The molecule has 0 aliphatic heterocycles. The Morgan fingerprint density at radius 1 is 0.900 bits per heavy atom. The van der Waals surface area contributed by atoms with E-state index < -0.39 is 0 Å². The fourth-order valence-electron chi connectivity index (χ4n) is 0. The van der Waals surface area contributed by atoms with Crippen molar-refractivity contribution >= 4 is 0 Å². The first kappa shape index (κ1) is 116. The number of hydrogen-bond donors (Lipinski definition) is 0. The molecule has 0 atom stereocenters. The van der Waals surface area contributed by atoms with Crippen molar-refractivity contribution in [1.29, 1.82) is 0 Å². The minimum atomic E-state index is 0. The molecule has 0 aliphatic carbocycles. The third-order valence-electron chi connectivity index (χ3n) is 0. The van der Waals surface area contributed by atoms with E-state index in [1.807, 2.05) is 0 Å². The molecule has 0 fully saturated rings. The van der Waals surface area contributed by atoms with E-state index in [1.54, 1.807) is 6.92 Å². The first-order chi connectivity index (χ1) is 2.41. The van der Waals surface area contributed by atoms with Crippen molar-refractivity contribution in [2.75, 3.05) is 0 Å². The molecule has 0 spiro atoms. The summed E-state index contributed by atoms with van der Waals surface area (Å²) in [6.07, 6.45) is 0.750. The Labute approximate surface area is 83.4 Å². The van der Waals surface area contributed by atoms with Crippen LogP contribution in [0.5, 0.6) is 0 Å². The van der Waals surface area contributed by atoms with E-state index in [1.165, 1.54) is 0 Å². The summed E-state index contributed by atoms with van der Waals surface area (Å²) in [6.45, 7) is 11.8. The van der Waals surface area contributed by atoms with Crippen LogP contribution in [0.2, 0.25) is 0 Å². The van der Waals surface area contributed by atoms with Crippen molar-refractivity contribution in [2.45, 2.75) is 13.3 Å². The molecule has 0 aromatic carbocycles. The second kappa shape index (κ2) is 3210. The van der Waals surface area contributed by atoms with Crippen LogP contribution in [-0.2, 0) is 42.1 Å². The molecule has 0 heterocycles. The van der Waals surface area contributed by atoms with Gasteiger partial charge in [-0.25, -0.2) is 0 Å². The first-order valence-electron chi connectivity index (χ1n) is 1.71. The molecule has 0 saturated carbocycles. The molecule has 0 aliphatic rings. The second-order valence-electron chi connectivity index (χ2n) is 0.354. The minimum absolute atomic E-state index is 0. The van der Waals surface area contributed by atoms with Gasteiger partial charge in [-0.1, -0.05) is 0 Å². The van der Waals surface area contributed by atoms with E-state index in [9.17, 15) is 0 Å². The van der Waals surface area contributed by atoms with Crippen LogP contribution in [0, 0.1) is 28.2 Å². The molecule has 0 unspecified atom stereocenters. The number of rotatable bonds is 0. The van der Waals surface area contributed by atoms with Gasteiger partial charge < -0.3 is 34.6 Å². The molecule has 0 nitrogen and oxygen atoms in total. The molecule has 0 aromatic rings. The van der Waals surface area contributed by atoms with Crippen LogP contribution in [0.4, 0.5) is 0 Å². The van der Waals surface area contributed by atoms with Crippen molar-refractivity contribution in [1.82, 2.24) is 0 Å². The predicted molar refractivity (Wildman–Crippen MR) is 32.8 cm³/mol. The molecule has 0 amide bonds. The standard InChI is InChI=1S/C3H6.C2H5.CH3.2Rf.2W/c1-3-2;1-2;;;;;/h1-3H2;1H2,2H3;1H3;;;;/q-2;2*-1;;;;. The molecule has 0 saturated heterocycles. The zero-order valence-electron chi connectivity index (χ0n) is 7.06. The summed E-state index contributed by atoms with van der Waals surface area (Å²) in [5.74, 6) is 0. The summed E-state index contributed by atoms with van der Waals surface area (Å²) >= 11 is 0. The maximum Gasteiger partial charge on any atom is 0 e. The van der Waals surface area contributed by atoms with Crippen LogP contribution in [0.3, 0.4) is 0 Å². The molecule has 0 bridgehead atoms. The fourth-order valence-corrected chi connectivity index (χ4v) is 0. The topological polar surface area (TPSA) is 0 Å². The fraction of sp³-hybridized carbons (Fsp3) is 0.333. The van der Waals surface area contributed by atoms with Crippen LogP contribution in [0.1, 0.15) is 13.3 Å². The summed E-state index contributed by atoms with van der Waals surface area (Å²) in [7, 11) is 0. The Morgan fingerprint density at radius 3 is 0.900 bits per heavy atom. The van der Waals surface area contributed by atoms with Crippen LogP contribution in [0.25, 0.3) is 0 Å². The summed E-state index contributed by atoms with van der Waals surface area (Å²) in [5.41, 5.74) is 0. The second-order valence-corrected chi connectivity index (χ2v) is 0.354. The Balaban J connectivity index is -0.00000000246. The quantitative estimate of drug-likeness (QED) is 0.328. The van der Waals surface area contributed by atoms with E-state index in [0.29, 0.717) is 0 Å². The van der Waals surface area contributed by atoms with E-state index >= 15 is 0 Å². The van der Waals surface area contributed by atoms with Gasteiger partial charge in [0.1, 0.15) is 0 Å². The molecule has 10 heavy (non-hydrogen) atoms. The molecule has 4 heteroatoms. The van der Waals surface area contributed by atoms with Gasteiger partial charge in [-0.05, 0) is 0 Å². The van der Waals surface area contributed by atoms with Gasteiger partial charge in [0.25, 0.3) is 0 Å². The van der Waals surface area contributed by atoms with Crippen molar-refractivity contribution < 1.29 is 42.1 Å². The molecule has 0 aromatic heterocycles. The minimum Gasteiger partial charge on any atom is -0.372 e. The smallest absolute Gasteiger partial charge is 0 e. The zero-order valence-corrected chi connectivity index (χ0v) is 25.7. The molecule has 0 N–H and O–H groups in total. The normalized spacial score (nSPS) is 2.40. The monoisotopic (exact) mass is 988 g/mol. The van der Waals surface area contributed by atoms with Crippen molar-refractivity contribution in [3.63, 3.8) is 0 Å². The Morgan fingerprint density at radius 2 is 0.900 bits per heavy atom. The summed E-state index contributed by atoms with van der Waals surface area (Å²) in [6, 6.07) is 0. The first-order valence-corrected chi connectivity index (χ1v) is 1.71. The van der Waals surface area contributed by atoms with Gasteiger partial charge >= 0.3 is 0 Å². The van der Waals surface area contributed by atoms with Gasteiger partial charge in [0, 0.05) is 42.1 Å². The van der Waals surface area contributed by atoms with Gasteiger partial charge in [-0.2, -0.15) is 6.92 Å². The van der Waals surface area contributed by atoms with Crippen molar-refractivity contribution in [3.8, 4) is 0 Å². The van der Waals surface area contributed by atoms with Crippen LogP contribution < -0.4 is 0 Å². The molecular weight excluding hydrogens is 974 g/mol. The average molecular weight is 988 g/mol.